The van der Waals surface area contributed by atoms with Crippen molar-refractivity contribution in [3.8, 4) is 0 Å². The maximum Gasteiger partial charge on any atom is 0.307 e. The van der Waals surface area contributed by atoms with E-state index in [2.05, 4.69) is 5.32 Å². The number of carbonyl (C=O) groups is 2. The molecule has 0 aromatic heterocycles. The van der Waals surface area contributed by atoms with Gasteiger partial charge in [0.1, 0.15) is 0 Å². The topological polar surface area (TPSA) is 86.6 Å². The maximum atomic E-state index is 11.8. The third kappa shape index (κ3) is 2.95. The lowest BCUT2D eigenvalue weighted by molar-refractivity contribution is -0.146. The van der Waals surface area contributed by atoms with E-state index in [1.807, 2.05) is 0 Å². The monoisotopic (exact) mass is 229 g/mol. The second-order valence-electron chi connectivity index (χ2n) is 5.01. The summed E-state index contributed by atoms with van der Waals surface area (Å²) in [6.45, 7) is 3.24. The van der Waals surface area contributed by atoms with E-state index in [0.29, 0.717) is 12.8 Å². The van der Waals surface area contributed by atoms with Gasteiger partial charge in [-0.3, -0.25) is 9.59 Å². The molecular formula is C11H19NO4. The van der Waals surface area contributed by atoms with Crippen LogP contribution in [0.1, 0.15) is 33.1 Å². The van der Waals surface area contributed by atoms with Gasteiger partial charge in [-0.05, 0) is 26.7 Å². The molecule has 1 saturated carbocycles. The summed E-state index contributed by atoms with van der Waals surface area (Å²) in [6.07, 6.45) is 1.95. The van der Waals surface area contributed by atoms with E-state index in [9.17, 15) is 9.59 Å². The van der Waals surface area contributed by atoms with Crippen LogP contribution in [-0.4, -0.2) is 34.2 Å². The SMILES string of the molecule is CC(C)(CO)NC(=O)[C@@H]1CCC[C@@H]1C(=O)O. The molecular weight excluding hydrogens is 210 g/mol. The Morgan fingerprint density at radius 2 is 1.88 bits per heavy atom. The van der Waals surface area contributed by atoms with Crippen molar-refractivity contribution < 1.29 is 19.8 Å². The van der Waals surface area contributed by atoms with Gasteiger partial charge in [0.25, 0.3) is 0 Å². The largest absolute Gasteiger partial charge is 0.481 e. The van der Waals surface area contributed by atoms with Gasteiger partial charge in [-0.25, -0.2) is 0 Å². The average Bonchev–Trinajstić information content (AvgIpc) is 2.65. The van der Waals surface area contributed by atoms with Crippen molar-refractivity contribution in [1.82, 2.24) is 5.32 Å². The lowest BCUT2D eigenvalue weighted by Gasteiger charge is -2.26. The molecule has 1 fully saturated rings. The van der Waals surface area contributed by atoms with Gasteiger partial charge in [0, 0.05) is 0 Å². The standard InChI is InChI=1S/C11H19NO4/c1-11(2,6-13)12-9(14)7-4-3-5-8(7)10(15)16/h7-8,13H,3-6H2,1-2H3,(H,12,14)(H,15,16)/t7-,8+/m1/s1. The van der Waals surface area contributed by atoms with Crippen molar-refractivity contribution in [1.29, 1.82) is 0 Å². The van der Waals surface area contributed by atoms with Crippen molar-refractivity contribution in [2.75, 3.05) is 6.61 Å². The van der Waals surface area contributed by atoms with E-state index in [1.54, 1.807) is 13.8 Å². The summed E-state index contributed by atoms with van der Waals surface area (Å²) in [5.41, 5.74) is -0.692. The number of carboxylic acid groups (broad SMARTS) is 1. The molecule has 0 radical (unpaired) electrons. The van der Waals surface area contributed by atoms with Crippen LogP contribution in [0.4, 0.5) is 0 Å². The molecule has 0 aromatic carbocycles. The van der Waals surface area contributed by atoms with Crippen LogP contribution in [0.5, 0.6) is 0 Å². The van der Waals surface area contributed by atoms with Gasteiger partial charge in [0.05, 0.1) is 24.0 Å². The third-order valence-electron chi connectivity index (χ3n) is 3.03. The van der Waals surface area contributed by atoms with Gasteiger partial charge in [-0.15, -0.1) is 0 Å². The molecule has 5 nitrogen and oxygen atoms in total. The van der Waals surface area contributed by atoms with Gasteiger partial charge in [-0.1, -0.05) is 6.42 Å². The molecule has 1 amide bonds. The van der Waals surface area contributed by atoms with E-state index >= 15 is 0 Å². The Morgan fingerprint density at radius 1 is 1.31 bits per heavy atom. The van der Waals surface area contributed by atoms with Gasteiger partial charge in [0.2, 0.25) is 5.91 Å². The lowest BCUT2D eigenvalue weighted by Crippen LogP contribution is -2.49. The Morgan fingerprint density at radius 3 is 2.38 bits per heavy atom. The van der Waals surface area contributed by atoms with Crippen LogP contribution in [0.25, 0.3) is 0 Å². The molecule has 0 heterocycles. The number of carboxylic acids is 1. The fraction of sp³-hybridized carbons (Fsp3) is 0.818. The highest BCUT2D eigenvalue weighted by Crippen LogP contribution is 2.32. The number of aliphatic hydroxyl groups excluding tert-OH is 1. The number of aliphatic hydroxyl groups is 1. The van der Waals surface area contributed by atoms with E-state index in [-0.39, 0.29) is 12.5 Å². The molecule has 5 heteroatoms. The van der Waals surface area contributed by atoms with Gasteiger partial charge >= 0.3 is 5.97 Å². The molecule has 2 atom stereocenters. The third-order valence-corrected chi connectivity index (χ3v) is 3.03. The van der Waals surface area contributed by atoms with Gasteiger partial charge in [-0.2, -0.15) is 0 Å². The van der Waals surface area contributed by atoms with Crippen molar-refractivity contribution in [3.05, 3.63) is 0 Å². The van der Waals surface area contributed by atoms with E-state index in [4.69, 9.17) is 10.2 Å². The van der Waals surface area contributed by atoms with Gasteiger partial charge < -0.3 is 15.5 Å². The number of carbonyl (C=O) groups excluding carboxylic acids is 1. The Balaban J connectivity index is 2.63. The predicted molar refractivity (Wildman–Crippen MR) is 57.8 cm³/mol. The summed E-state index contributed by atoms with van der Waals surface area (Å²) >= 11 is 0. The van der Waals surface area contributed by atoms with Crippen molar-refractivity contribution >= 4 is 11.9 Å². The number of amides is 1. The molecule has 92 valence electrons. The first-order chi connectivity index (χ1) is 7.37. The van der Waals surface area contributed by atoms with Crippen LogP contribution in [-0.2, 0) is 9.59 Å². The Kier molecular flexibility index (Phi) is 3.91. The minimum absolute atomic E-state index is 0.163. The van der Waals surface area contributed by atoms with Crippen LogP contribution in [0.2, 0.25) is 0 Å². The van der Waals surface area contributed by atoms with E-state index in [1.165, 1.54) is 0 Å². The number of hydrogen-bond donors (Lipinski definition) is 3. The molecule has 1 rings (SSSR count). The highest BCUT2D eigenvalue weighted by molar-refractivity contribution is 5.85. The number of aliphatic carboxylic acids is 1. The average molecular weight is 229 g/mol. The highest BCUT2D eigenvalue weighted by atomic mass is 16.4. The molecule has 0 aromatic rings. The number of rotatable bonds is 4. The molecule has 1 aliphatic carbocycles. The van der Waals surface area contributed by atoms with E-state index < -0.39 is 23.3 Å². The minimum atomic E-state index is -0.903. The Bertz CT molecular complexity index is 288. The Labute approximate surface area is 94.8 Å². The molecule has 0 saturated heterocycles. The summed E-state index contributed by atoms with van der Waals surface area (Å²) in [7, 11) is 0. The predicted octanol–water partition coefficient (Wildman–Crippen LogP) is 0.374. The Hall–Kier alpha value is -1.10. The number of nitrogens with one attached hydrogen (secondary N) is 1. The van der Waals surface area contributed by atoms with Gasteiger partial charge in [0.15, 0.2) is 0 Å². The first-order valence-corrected chi connectivity index (χ1v) is 5.53. The van der Waals surface area contributed by atoms with Crippen LogP contribution >= 0.6 is 0 Å². The molecule has 0 aliphatic heterocycles. The number of hydrogen-bond acceptors (Lipinski definition) is 3. The normalized spacial score (nSPS) is 25.4. The second-order valence-corrected chi connectivity index (χ2v) is 5.01. The van der Waals surface area contributed by atoms with E-state index in [0.717, 1.165) is 6.42 Å². The first-order valence-electron chi connectivity index (χ1n) is 5.53. The first kappa shape index (κ1) is 13.0. The zero-order valence-electron chi connectivity index (χ0n) is 9.69. The minimum Gasteiger partial charge on any atom is -0.481 e. The summed E-state index contributed by atoms with van der Waals surface area (Å²) in [5.74, 6) is -2.19. The zero-order chi connectivity index (χ0) is 12.3. The van der Waals surface area contributed by atoms with Crippen LogP contribution in [0, 0.1) is 11.8 Å². The molecule has 16 heavy (non-hydrogen) atoms. The lowest BCUT2D eigenvalue weighted by atomic mass is 9.94. The highest BCUT2D eigenvalue weighted by Gasteiger charge is 2.39. The van der Waals surface area contributed by atoms with Crippen molar-refractivity contribution in [2.45, 2.75) is 38.6 Å². The fourth-order valence-electron chi connectivity index (χ4n) is 2.04. The van der Waals surface area contributed by atoms with Crippen LogP contribution in [0.15, 0.2) is 0 Å². The van der Waals surface area contributed by atoms with Crippen molar-refractivity contribution in [2.24, 2.45) is 11.8 Å². The van der Waals surface area contributed by atoms with Crippen molar-refractivity contribution in [3.63, 3.8) is 0 Å². The zero-order valence-corrected chi connectivity index (χ0v) is 9.69. The van der Waals surface area contributed by atoms with Crippen LogP contribution < -0.4 is 5.32 Å². The smallest absolute Gasteiger partial charge is 0.307 e. The summed E-state index contributed by atoms with van der Waals surface area (Å²) < 4.78 is 0. The summed E-state index contributed by atoms with van der Waals surface area (Å²) in [4.78, 5) is 22.8. The quantitative estimate of drug-likeness (QED) is 0.650. The molecule has 1 aliphatic rings. The van der Waals surface area contributed by atoms with Crippen LogP contribution in [0.3, 0.4) is 0 Å². The second kappa shape index (κ2) is 4.82. The molecule has 3 N–H and O–H groups in total. The molecule has 0 unspecified atom stereocenters. The maximum absolute atomic E-state index is 11.8. The summed E-state index contributed by atoms with van der Waals surface area (Å²) in [6, 6.07) is 0. The molecule has 0 bridgehead atoms. The fourth-order valence-corrected chi connectivity index (χ4v) is 2.04. The molecule has 0 spiro atoms. The summed E-state index contributed by atoms with van der Waals surface area (Å²) in [5, 5.41) is 20.7.